The van der Waals surface area contributed by atoms with Gasteiger partial charge < -0.3 is 40.8 Å². The first-order chi connectivity index (χ1) is 33.7. The van der Waals surface area contributed by atoms with E-state index in [-0.39, 0.29) is 18.3 Å². The molecule has 394 valence electrons. The standard InChI is InChI=1S/C16H30N2O.C14H18N4.C14H26N2O2.C13H23NO/c1-14(2)17-11-12-18-15(3)13-19-16-9-7-5-4-6-8-10-16;1-10(2)4-5-12-6-8-13(9-7-12)14-17-15-11(3)16-18-14;1-12(2)15-10-11-16-14(17)18-13-8-6-4-3-5-7-9-13;1-11(2)14-12(3)15-13-9-7-5-4-6-8-10-13/h4-5,14,16-18H,3,6-13H2,1-2H3;6-10H,4-5H2,1-3H3;6,8,12-13,15H,3-5,7,9-11H2,1-2H3,(H,16,17);7,9,11,13-14H,3-6,8,10H2,1-2H3/b5-4+;;8-6+;9-7+/t16-;;2*13-/m0.11/s1. The molecule has 2 aromatic rings. The second-order valence-electron chi connectivity index (χ2n) is 19.9. The maximum Gasteiger partial charge on any atom is 0.407 e. The first-order valence-electron chi connectivity index (χ1n) is 26.9. The SMILES string of the molecule is C=C(CO[C@H]1CC/C=C/CCC1)NCCNC(C)C.C=C(NC(C)C)O[C@@H]1/C=C/CCCCC1.CC(C)NCCNC(=O)O[C@@H]1/C=C/CCCCC1.Cc1nnc(-c2ccc(CCC(C)C)cc2)nn1. The maximum absolute atomic E-state index is 11.6. The molecule has 3 atom stereocenters. The summed E-state index contributed by atoms with van der Waals surface area (Å²) in [4.78, 5) is 11.6. The van der Waals surface area contributed by atoms with Gasteiger partial charge in [0.25, 0.3) is 0 Å². The summed E-state index contributed by atoms with van der Waals surface area (Å²) < 4.78 is 17.1. The Morgan fingerprint density at radius 1 is 0.629 bits per heavy atom. The Kier molecular flexibility index (Phi) is 34.3. The molecule has 5 N–H and O–H groups in total. The zero-order valence-electron chi connectivity index (χ0n) is 45.2. The minimum absolute atomic E-state index is 0.0524. The summed E-state index contributed by atoms with van der Waals surface area (Å²) in [7, 11) is 0. The van der Waals surface area contributed by atoms with E-state index in [1.165, 1.54) is 69.8 Å². The highest BCUT2D eigenvalue weighted by Gasteiger charge is 2.13. The lowest BCUT2D eigenvalue weighted by atomic mass is 10.0. The van der Waals surface area contributed by atoms with Crippen LogP contribution in [0.4, 0.5) is 4.79 Å². The van der Waals surface area contributed by atoms with Crippen LogP contribution in [0.15, 0.2) is 85.5 Å². The van der Waals surface area contributed by atoms with Crippen molar-refractivity contribution < 1.29 is 19.0 Å². The Balaban J connectivity index is 0.000000321. The highest BCUT2D eigenvalue weighted by Crippen LogP contribution is 2.19. The smallest absolute Gasteiger partial charge is 0.407 e. The molecule has 0 bridgehead atoms. The van der Waals surface area contributed by atoms with Gasteiger partial charge in [-0.2, -0.15) is 0 Å². The summed E-state index contributed by atoms with van der Waals surface area (Å²) in [6.45, 7) is 30.7. The number of alkyl carbamates (subject to hydrolysis) is 1. The van der Waals surface area contributed by atoms with Crippen molar-refractivity contribution in [1.82, 2.24) is 47.0 Å². The molecule has 0 radical (unpaired) electrons. The molecule has 0 fully saturated rings. The lowest BCUT2D eigenvalue weighted by molar-refractivity contribution is 0.0536. The van der Waals surface area contributed by atoms with Crippen molar-refractivity contribution in [2.75, 3.05) is 32.8 Å². The lowest BCUT2D eigenvalue weighted by Gasteiger charge is -2.21. The van der Waals surface area contributed by atoms with Crippen molar-refractivity contribution >= 4 is 6.09 Å². The number of carbonyl (C=O) groups is 1. The summed E-state index contributed by atoms with van der Waals surface area (Å²) >= 11 is 0. The molecule has 1 aromatic heterocycles. The van der Waals surface area contributed by atoms with E-state index in [0.29, 0.717) is 54.9 Å². The number of aromatic nitrogens is 4. The highest BCUT2D eigenvalue weighted by molar-refractivity contribution is 5.67. The van der Waals surface area contributed by atoms with Crippen LogP contribution in [0.3, 0.4) is 0 Å². The van der Waals surface area contributed by atoms with Crippen molar-refractivity contribution in [1.29, 1.82) is 0 Å². The third-order valence-corrected chi connectivity index (χ3v) is 11.4. The Morgan fingerprint density at radius 2 is 1.20 bits per heavy atom. The van der Waals surface area contributed by atoms with Crippen molar-refractivity contribution in [2.24, 2.45) is 5.92 Å². The summed E-state index contributed by atoms with van der Waals surface area (Å²) in [5.74, 6) is 2.60. The van der Waals surface area contributed by atoms with Crippen LogP contribution in [0.25, 0.3) is 11.4 Å². The highest BCUT2D eigenvalue weighted by atomic mass is 16.6. The maximum atomic E-state index is 11.6. The van der Waals surface area contributed by atoms with Crippen LogP contribution < -0.4 is 26.6 Å². The van der Waals surface area contributed by atoms with Gasteiger partial charge in [-0.3, -0.25) is 0 Å². The van der Waals surface area contributed by atoms with Crippen molar-refractivity contribution in [2.45, 2.75) is 208 Å². The molecule has 0 unspecified atom stereocenters. The number of carbonyl (C=O) groups excluding carboxylic acids is 1. The zero-order chi connectivity index (χ0) is 51.2. The molecule has 0 saturated carbocycles. The van der Waals surface area contributed by atoms with E-state index >= 15 is 0 Å². The molecular formula is C57H97N9O4. The predicted molar refractivity (Wildman–Crippen MR) is 291 cm³/mol. The molecule has 13 nitrogen and oxygen atoms in total. The van der Waals surface area contributed by atoms with E-state index in [0.717, 1.165) is 81.8 Å². The van der Waals surface area contributed by atoms with Gasteiger partial charge in [-0.15, -0.1) is 20.4 Å². The van der Waals surface area contributed by atoms with Gasteiger partial charge in [0.15, 0.2) is 11.7 Å². The van der Waals surface area contributed by atoms with E-state index in [2.05, 4.69) is 158 Å². The number of benzene rings is 1. The fourth-order valence-corrected chi connectivity index (χ4v) is 7.53. The number of hydrogen-bond donors (Lipinski definition) is 5. The number of rotatable bonds is 21. The monoisotopic (exact) mass is 972 g/mol. The second-order valence-corrected chi connectivity index (χ2v) is 19.9. The Morgan fingerprint density at radius 3 is 1.79 bits per heavy atom. The summed E-state index contributed by atoms with van der Waals surface area (Å²) in [5, 5.41) is 31.7. The molecule has 0 saturated heterocycles. The molecule has 0 aliphatic heterocycles. The van der Waals surface area contributed by atoms with Crippen LogP contribution in [0.1, 0.15) is 170 Å². The fraction of sp³-hybridized carbons (Fsp3) is 0.667. The molecular weight excluding hydrogens is 875 g/mol. The molecule has 1 heterocycles. The Bertz CT molecular complexity index is 1740. The van der Waals surface area contributed by atoms with Crippen molar-refractivity contribution in [3.05, 3.63) is 96.8 Å². The number of allylic oxidation sites excluding steroid dienone is 4. The fourth-order valence-electron chi connectivity index (χ4n) is 7.53. The van der Waals surface area contributed by atoms with Crippen molar-refractivity contribution in [3.8, 4) is 11.4 Å². The third-order valence-electron chi connectivity index (χ3n) is 11.4. The van der Waals surface area contributed by atoms with E-state index < -0.39 is 0 Å². The van der Waals surface area contributed by atoms with Crippen LogP contribution in [0.2, 0.25) is 0 Å². The van der Waals surface area contributed by atoms with E-state index in [1.54, 1.807) is 6.92 Å². The normalized spacial score (nSPS) is 19.5. The van der Waals surface area contributed by atoms with Crippen LogP contribution in [-0.2, 0) is 20.6 Å². The van der Waals surface area contributed by atoms with Gasteiger partial charge in [-0.25, -0.2) is 4.79 Å². The summed E-state index contributed by atoms with van der Waals surface area (Å²) in [6.07, 6.45) is 33.4. The van der Waals surface area contributed by atoms with Crippen LogP contribution in [0, 0.1) is 12.8 Å². The molecule has 0 spiro atoms. The van der Waals surface area contributed by atoms with E-state index in [4.69, 9.17) is 14.2 Å². The predicted octanol–water partition coefficient (Wildman–Crippen LogP) is 11.8. The number of hydrogen-bond acceptors (Lipinski definition) is 12. The summed E-state index contributed by atoms with van der Waals surface area (Å²) in [6, 6.07) is 9.68. The first-order valence-corrected chi connectivity index (χ1v) is 26.9. The molecule has 5 rings (SSSR count). The van der Waals surface area contributed by atoms with Gasteiger partial charge in [-0.05, 0) is 147 Å². The molecule has 3 aliphatic rings. The second kappa shape index (κ2) is 39.1. The molecule has 3 aliphatic carbocycles. The van der Waals surface area contributed by atoms with E-state index in [1.807, 2.05) is 18.2 Å². The van der Waals surface area contributed by atoms with Gasteiger partial charge in [0, 0.05) is 55.6 Å². The van der Waals surface area contributed by atoms with Crippen molar-refractivity contribution in [3.63, 3.8) is 0 Å². The van der Waals surface area contributed by atoms with Gasteiger partial charge >= 0.3 is 6.09 Å². The van der Waals surface area contributed by atoms with Crippen LogP contribution in [-0.4, -0.2) is 95.7 Å². The average molecular weight is 972 g/mol. The third kappa shape index (κ3) is 33.9. The topological polar surface area (TPSA) is 156 Å². The lowest BCUT2D eigenvalue weighted by Crippen LogP contribution is -2.36. The number of nitrogens with zero attached hydrogens (tertiary/aromatic N) is 4. The molecule has 1 aromatic carbocycles. The number of aryl methyl sites for hydroxylation is 2. The largest absolute Gasteiger partial charge is 0.472 e. The number of ether oxygens (including phenoxy) is 3. The first kappa shape index (κ1) is 61.5. The quantitative estimate of drug-likeness (QED) is 0.0459. The Labute approximate surface area is 425 Å². The summed E-state index contributed by atoms with van der Waals surface area (Å²) in [5.41, 5.74) is 3.30. The average Bonchev–Trinajstić information content (AvgIpc) is 3.28. The Hall–Kier alpha value is -4.59. The number of amides is 1. The molecule has 70 heavy (non-hydrogen) atoms. The minimum atomic E-state index is -0.309. The van der Waals surface area contributed by atoms with E-state index in [9.17, 15) is 4.79 Å². The minimum Gasteiger partial charge on any atom is -0.472 e. The van der Waals surface area contributed by atoms with Gasteiger partial charge in [-0.1, -0.05) is 110 Å². The van der Waals surface area contributed by atoms with Gasteiger partial charge in [0.05, 0.1) is 12.7 Å². The molecule has 13 heteroatoms. The van der Waals surface area contributed by atoms with Crippen LogP contribution in [0.5, 0.6) is 0 Å². The van der Waals surface area contributed by atoms with Crippen LogP contribution >= 0.6 is 0 Å². The number of nitrogens with one attached hydrogen (secondary N) is 5. The van der Waals surface area contributed by atoms with Gasteiger partial charge in [0.1, 0.15) is 12.2 Å². The zero-order valence-corrected chi connectivity index (χ0v) is 45.2. The molecule has 1 amide bonds. The van der Waals surface area contributed by atoms with Gasteiger partial charge in [0.2, 0.25) is 5.82 Å².